The van der Waals surface area contributed by atoms with E-state index in [0.717, 1.165) is 39.5 Å². The highest BCUT2D eigenvalue weighted by atomic mass is 79.9. The molecule has 5 heteroatoms. The van der Waals surface area contributed by atoms with Crippen LogP contribution in [0.25, 0.3) is 21.6 Å². The van der Waals surface area contributed by atoms with E-state index in [4.69, 9.17) is 0 Å². The number of nitrogens with one attached hydrogen (secondary N) is 1. The number of benzene rings is 1. The molecule has 4 rings (SSSR count). The van der Waals surface area contributed by atoms with E-state index in [9.17, 15) is 4.79 Å². The summed E-state index contributed by atoms with van der Waals surface area (Å²) in [6, 6.07) is 7.81. The highest BCUT2D eigenvalue weighted by Gasteiger charge is 2.21. The van der Waals surface area contributed by atoms with E-state index in [2.05, 4.69) is 25.9 Å². The zero-order valence-corrected chi connectivity index (χ0v) is 13.0. The number of aromatic nitrogens is 2. The highest BCUT2D eigenvalue weighted by Crippen LogP contribution is 2.35. The van der Waals surface area contributed by atoms with E-state index in [1.807, 2.05) is 24.3 Å². The fourth-order valence-corrected chi connectivity index (χ4v) is 4.27. The van der Waals surface area contributed by atoms with Gasteiger partial charge in [0.25, 0.3) is 5.56 Å². The van der Waals surface area contributed by atoms with Gasteiger partial charge in [-0.3, -0.25) is 4.79 Å². The van der Waals surface area contributed by atoms with Crippen molar-refractivity contribution in [3.8, 4) is 11.4 Å². The van der Waals surface area contributed by atoms with Crippen molar-refractivity contribution in [3.05, 3.63) is 49.5 Å². The lowest BCUT2D eigenvalue weighted by Crippen LogP contribution is -2.09. The lowest BCUT2D eigenvalue weighted by Gasteiger charge is -2.01. The third-order valence-corrected chi connectivity index (χ3v) is 5.41. The van der Waals surface area contributed by atoms with Crippen LogP contribution in [-0.2, 0) is 12.8 Å². The molecule has 0 bridgehead atoms. The Balaban J connectivity index is 1.95. The second kappa shape index (κ2) is 4.53. The minimum atomic E-state index is -0.00711. The Bertz CT molecular complexity index is 864. The standard InChI is InChI=1S/C15H11BrN2OS/c16-9-6-4-8(5-7-9)13-17-14(19)12-10-2-1-3-11(10)20-15(12)18-13/h4-7H,1-3H2,(H,17,18,19). The largest absolute Gasteiger partial charge is 0.306 e. The summed E-state index contributed by atoms with van der Waals surface area (Å²) in [5, 5.41) is 0.809. The van der Waals surface area contributed by atoms with Crippen molar-refractivity contribution in [2.75, 3.05) is 0 Å². The molecule has 1 aliphatic carbocycles. The van der Waals surface area contributed by atoms with Crippen LogP contribution in [0.5, 0.6) is 0 Å². The first kappa shape index (κ1) is 12.3. The first-order valence-electron chi connectivity index (χ1n) is 6.53. The minimum absolute atomic E-state index is 0.00711. The van der Waals surface area contributed by atoms with Crippen molar-refractivity contribution in [3.63, 3.8) is 0 Å². The maximum Gasteiger partial charge on any atom is 0.260 e. The fraction of sp³-hybridized carbons (Fsp3) is 0.200. The van der Waals surface area contributed by atoms with Crippen LogP contribution in [0.3, 0.4) is 0 Å². The molecule has 0 saturated heterocycles. The van der Waals surface area contributed by atoms with E-state index in [0.29, 0.717) is 5.82 Å². The zero-order chi connectivity index (χ0) is 13.7. The van der Waals surface area contributed by atoms with Gasteiger partial charge in [-0.25, -0.2) is 4.98 Å². The van der Waals surface area contributed by atoms with Crippen LogP contribution in [0.15, 0.2) is 33.5 Å². The number of fused-ring (bicyclic) bond motifs is 3. The lowest BCUT2D eigenvalue weighted by atomic mass is 10.2. The predicted molar refractivity (Wildman–Crippen MR) is 85.4 cm³/mol. The Morgan fingerprint density at radius 2 is 2.00 bits per heavy atom. The molecule has 0 fully saturated rings. The van der Waals surface area contributed by atoms with Crippen LogP contribution in [0.2, 0.25) is 0 Å². The number of aromatic amines is 1. The highest BCUT2D eigenvalue weighted by molar-refractivity contribution is 9.10. The van der Waals surface area contributed by atoms with Crippen LogP contribution in [0.4, 0.5) is 0 Å². The molecule has 0 spiro atoms. The molecule has 0 saturated carbocycles. The van der Waals surface area contributed by atoms with Gasteiger partial charge < -0.3 is 4.98 Å². The number of hydrogen-bond donors (Lipinski definition) is 1. The van der Waals surface area contributed by atoms with Gasteiger partial charge in [0.1, 0.15) is 10.7 Å². The number of nitrogens with zero attached hydrogens (tertiary/aromatic N) is 1. The average molecular weight is 347 g/mol. The monoisotopic (exact) mass is 346 g/mol. The first-order chi connectivity index (χ1) is 9.72. The van der Waals surface area contributed by atoms with Gasteiger partial charge in [0.15, 0.2) is 0 Å². The molecule has 1 aromatic carbocycles. The Kier molecular flexibility index (Phi) is 2.79. The molecular formula is C15H11BrN2OS. The van der Waals surface area contributed by atoms with Crippen molar-refractivity contribution in [1.29, 1.82) is 0 Å². The van der Waals surface area contributed by atoms with Gasteiger partial charge >= 0.3 is 0 Å². The van der Waals surface area contributed by atoms with Crippen LogP contribution in [0.1, 0.15) is 16.9 Å². The normalized spacial score (nSPS) is 13.8. The Morgan fingerprint density at radius 3 is 2.80 bits per heavy atom. The SMILES string of the molecule is O=c1[nH]c(-c2ccc(Br)cc2)nc2sc3c(c12)CCC3. The number of rotatable bonds is 1. The number of hydrogen-bond acceptors (Lipinski definition) is 3. The second-order valence-electron chi connectivity index (χ2n) is 4.96. The van der Waals surface area contributed by atoms with Gasteiger partial charge in [-0.15, -0.1) is 11.3 Å². The van der Waals surface area contributed by atoms with Crippen LogP contribution >= 0.6 is 27.3 Å². The summed E-state index contributed by atoms with van der Waals surface area (Å²) in [5.41, 5.74) is 2.15. The van der Waals surface area contributed by atoms with Crippen LogP contribution in [-0.4, -0.2) is 9.97 Å². The predicted octanol–water partition coefficient (Wildman–Crippen LogP) is 3.90. The van der Waals surface area contributed by atoms with E-state index in [-0.39, 0.29) is 5.56 Å². The zero-order valence-electron chi connectivity index (χ0n) is 10.6. The number of aryl methyl sites for hydroxylation is 2. The maximum absolute atomic E-state index is 12.4. The third kappa shape index (κ3) is 1.84. The fourth-order valence-electron chi connectivity index (χ4n) is 2.75. The lowest BCUT2D eigenvalue weighted by molar-refractivity contribution is 0.916. The molecule has 0 amide bonds. The van der Waals surface area contributed by atoms with Crippen molar-refractivity contribution >= 4 is 37.5 Å². The molecule has 0 aliphatic heterocycles. The summed E-state index contributed by atoms with van der Waals surface area (Å²) in [6.07, 6.45) is 3.26. The molecular weight excluding hydrogens is 336 g/mol. The molecule has 100 valence electrons. The minimum Gasteiger partial charge on any atom is -0.306 e. The molecule has 0 atom stereocenters. The quantitative estimate of drug-likeness (QED) is 0.726. The first-order valence-corrected chi connectivity index (χ1v) is 8.14. The van der Waals surface area contributed by atoms with Gasteiger partial charge in [-0.2, -0.15) is 0 Å². The van der Waals surface area contributed by atoms with Gasteiger partial charge in [0.2, 0.25) is 0 Å². The molecule has 20 heavy (non-hydrogen) atoms. The maximum atomic E-state index is 12.4. The number of halogens is 1. The van der Waals surface area contributed by atoms with E-state index >= 15 is 0 Å². The molecule has 1 N–H and O–H groups in total. The van der Waals surface area contributed by atoms with Gasteiger partial charge in [-0.05, 0) is 37.0 Å². The molecule has 1 aliphatic rings. The molecule has 3 nitrogen and oxygen atoms in total. The van der Waals surface area contributed by atoms with Crippen molar-refractivity contribution < 1.29 is 0 Å². The Morgan fingerprint density at radius 1 is 1.20 bits per heavy atom. The van der Waals surface area contributed by atoms with Gasteiger partial charge in [0.05, 0.1) is 5.39 Å². The Labute approximate surface area is 127 Å². The number of thiophene rings is 1. The van der Waals surface area contributed by atoms with E-state index in [1.54, 1.807) is 11.3 Å². The summed E-state index contributed by atoms with van der Waals surface area (Å²) in [7, 11) is 0. The summed E-state index contributed by atoms with van der Waals surface area (Å²) < 4.78 is 1.01. The van der Waals surface area contributed by atoms with Crippen molar-refractivity contribution in [2.24, 2.45) is 0 Å². The number of H-pyrrole nitrogens is 1. The van der Waals surface area contributed by atoms with Crippen LogP contribution < -0.4 is 5.56 Å². The second-order valence-corrected chi connectivity index (χ2v) is 6.96. The van der Waals surface area contributed by atoms with Gasteiger partial charge in [-0.1, -0.05) is 28.1 Å². The van der Waals surface area contributed by atoms with E-state index in [1.165, 1.54) is 10.4 Å². The average Bonchev–Trinajstić information content (AvgIpc) is 2.99. The molecule has 3 aromatic rings. The smallest absolute Gasteiger partial charge is 0.260 e. The molecule has 0 unspecified atom stereocenters. The van der Waals surface area contributed by atoms with E-state index < -0.39 is 0 Å². The van der Waals surface area contributed by atoms with Crippen LogP contribution in [0, 0.1) is 0 Å². The summed E-state index contributed by atoms with van der Waals surface area (Å²) in [5.74, 6) is 0.648. The van der Waals surface area contributed by atoms with Gasteiger partial charge in [0, 0.05) is 14.9 Å². The van der Waals surface area contributed by atoms with Crippen molar-refractivity contribution in [1.82, 2.24) is 9.97 Å². The summed E-state index contributed by atoms with van der Waals surface area (Å²) >= 11 is 5.08. The molecule has 2 aromatic heterocycles. The summed E-state index contributed by atoms with van der Waals surface area (Å²) in [6.45, 7) is 0. The van der Waals surface area contributed by atoms with Crippen molar-refractivity contribution in [2.45, 2.75) is 19.3 Å². The Hall–Kier alpha value is -1.46. The third-order valence-electron chi connectivity index (χ3n) is 3.69. The summed E-state index contributed by atoms with van der Waals surface area (Å²) in [4.78, 5) is 22.1. The molecule has 0 radical (unpaired) electrons. The topological polar surface area (TPSA) is 45.8 Å². The molecule has 2 heterocycles.